The predicted octanol–water partition coefficient (Wildman–Crippen LogP) is -0.947. The van der Waals surface area contributed by atoms with Crippen LogP contribution in [0.2, 0.25) is 0 Å². The largest absolute Gasteiger partial charge is 0.497 e. The normalized spacial score (nSPS) is 26.7. The van der Waals surface area contributed by atoms with Gasteiger partial charge in [-0.2, -0.15) is 0 Å². The van der Waals surface area contributed by atoms with Gasteiger partial charge in [0.1, 0.15) is 54.3 Å². The highest BCUT2D eigenvalue weighted by Gasteiger charge is 2.45. The van der Waals surface area contributed by atoms with Crippen molar-refractivity contribution < 1.29 is 43.3 Å². The Morgan fingerprint density at radius 3 is 2.14 bits per heavy atom. The lowest BCUT2D eigenvalue weighted by Crippen LogP contribution is -2.65. The number of benzene rings is 2. The first-order valence-corrected chi connectivity index (χ1v) is 19.4. The molecule has 2 aromatic rings. The number of nitrogens with zero attached hydrogens (tertiary/aromatic N) is 3. The molecule has 10 N–H and O–H groups in total. The third-order valence-electron chi connectivity index (χ3n) is 10.4. The van der Waals surface area contributed by atoms with Gasteiger partial charge in [-0.3, -0.25) is 29.0 Å². The van der Waals surface area contributed by atoms with Gasteiger partial charge < -0.3 is 57.5 Å². The lowest BCUT2D eigenvalue weighted by atomic mass is 9.95. The molecular formula is C40H57N9O9. The lowest BCUT2D eigenvalue weighted by Gasteiger charge is -2.43. The summed E-state index contributed by atoms with van der Waals surface area (Å²) in [6.07, 6.45) is -2.43. The topological polar surface area (TPSA) is 274 Å². The maximum absolute atomic E-state index is 14.9. The Labute approximate surface area is 338 Å². The molecule has 0 radical (unpaired) electrons. The number of aliphatic hydroxyl groups is 1. The Hall–Kier alpha value is -5.75. The molecule has 0 saturated carbocycles. The van der Waals surface area contributed by atoms with Gasteiger partial charge >= 0.3 is 5.97 Å². The number of cyclic esters (lactones) is 1. The van der Waals surface area contributed by atoms with E-state index in [0.717, 1.165) is 4.90 Å². The average Bonchev–Trinajstić information content (AvgIpc) is 3.19. The van der Waals surface area contributed by atoms with E-state index < -0.39 is 90.0 Å². The molecule has 316 valence electrons. The number of aliphatic imine (C=N–C) groups is 1. The summed E-state index contributed by atoms with van der Waals surface area (Å²) in [5.74, 6) is -4.67. The fourth-order valence-electron chi connectivity index (χ4n) is 6.92. The number of likely N-dealkylation sites (N-methyl/N-ethyl adjacent to an activating group) is 1. The van der Waals surface area contributed by atoms with E-state index in [1.165, 1.54) is 26.0 Å². The van der Waals surface area contributed by atoms with Crippen molar-refractivity contribution in [3.63, 3.8) is 0 Å². The van der Waals surface area contributed by atoms with Crippen molar-refractivity contribution in [3.05, 3.63) is 65.7 Å². The number of piperidine rings is 1. The maximum atomic E-state index is 14.9. The van der Waals surface area contributed by atoms with Crippen molar-refractivity contribution >= 4 is 41.5 Å². The number of methoxy groups -OCH3 is 1. The van der Waals surface area contributed by atoms with Gasteiger partial charge in [-0.05, 0) is 61.8 Å². The summed E-state index contributed by atoms with van der Waals surface area (Å²) in [7, 11) is 2.94. The van der Waals surface area contributed by atoms with Gasteiger partial charge in [0.2, 0.25) is 29.5 Å². The van der Waals surface area contributed by atoms with Crippen LogP contribution in [0.1, 0.15) is 57.6 Å². The van der Waals surface area contributed by atoms with Gasteiger partial charge in [-0.15, -0.1) is 0 Å². The van der Waals surface area contributed by atoms with Crippen LogP contribution < -0.4 is 37.9 Å². The molecule has 18 heteroatoms. The number of ether oxygens (including phenoxy) is 2. The Morgan fingerprint density at radius 1 is 0.879 bits per heavy atom. The van der Waals surface area contributed by atoms with E-state index in [1.54, 1.807) is 68.4 Å². The van der Waals surface area contributed by atoms with Gasteiger partial charge in [0, 0.05) is 26.4 Å². The van der Waals surface area contributed by atoms with Crippen molar-refractivity contribution in [1.82, 2.24) is 25.8 Å². The summed E-state index contributed by atoms with van der Waals surface area (Å²) < 4.78 is 10.9. The van der Waals surface area contributed by atoms with E-state index in [2.05, 4.69) is 20.9 Å². The quantitative estimate of drug-likeness (QED) is 0.0663. The number of amides is 5. The standard InChI is InChI=1S/C40H57N9O9/c1-22(2)33-39(56)58-23(3)32(41)36(53)45-27(12-9-19-44-40(42)43)34(51)46-28-17-18-31(50)49(37(28)54)30(21-24-10-7-6-8-11-24)38(55)48(4)29(35(52)47-33)20-25-13-15-26(57-5)16-14-25/h6-8,10-11,13-16,22-23,27-33,50H,9,12,17-21,41H2,1-5H3,(H,45,53)(H,46,51)(H,47,52)(H4,42,43,44). The van der Waals surface area contributed by atoms with Crippen LogP contribution in [0.4, 0.5) is 0 Å². The summed E-state index contributed by atoms with van der Waals surface area (Å²) in [6, 6.07) is 8.03. The first-order valence-electron chi connectivity index (χ1n) is 19.4. The average molecular weight is 808 g/mol. The van der Waals surface area contributed by atoms with Crippen LogP contribution in [0.3, 0.4) is 0 Å². The molecule has 8 unspecified atom stereocenters. The molecule has 2 saturated heterocycles. The van der Waals surface area contributed by atoms with Gasteiger partial charge in [-0.1, -0.05) is 56.3 Å². The van der Waals surface area contributed by atoms with E-state index in [9.17, 15) is 33.9 Å². The van der Waals surface area contributed by atoms with E-state index in [-0.39, 0.29) is 51.0 Å². The summed E-state index contributed by atoms with van der Waals surface area (Å²) >= 11 is 0. The van der Waals surface area contributed by atoms with Crippen LogP contribution in [-0.2, 0) is 46.3 Å². The highest BCUT2D eigenvalue weighted by Crippen LogP contribution is 2.25. The molecule has 2 aliphatic heterocycles. The van der Waals surface area contributed by atoms with Crippen LogP contribution in [0, 0.1) is 5.92 Å². The van der Waals surface area contributed by atoms with E-state index in [1.807, 2.05) is 0 Å². The molecular weight excluding hydrogens is 750 g/mol. The van der Waals surface area contributed by atoms with Gasteiger partial charge in [0.05, 0.1) is 7.11 Å². The summed E-state index contributed by atoms with van der Waals surface area (Å²) in [5, 5.41) is 19.5. The summed E-state index contributed by atoms with van der Waals surface area (Å²) in [6.45, 7) is 4.91. The second-order valence-electron chi connectivity index (χ2n) is 15.0. The van der Waals surface area contributed by atoms with Crippen LogP contribution >= 0.6 is 0 Å². The number of guanidine groups is 1. The summed E-state index contributed by atoms with van der Waals surface area (Å²) in [4.78, 5) is 91.0. The zero-order valence-corrected chi connectivity index (χ0v) is 33.6. The number of carbonyl (C=O) groups excluding carboxylic acids is 6. The first-order chi connectivity index (χ1) is 27.5. The van der Waals surface area contributed by atoms with Crippen molar-refractivity contribution in [2.24, 2.45) is 28.1 Å². The second-order valence-corrected chi connectivity index (χ2v) is 15.0. The SMILES string of the molecule is COc1ccc(CC2C(=O)NC(C(C)C)C(=O)OC(C)C(N)C(=O)NC(CCCN=C(N)N)C(=O)NC3CCC(O)N(C3=O)C(Cc3ccccc3)C(=O)N2C)cc1. The van der Waals surface area contributed by atoms with Crippen molar-refractivity contribution in [2.45, 2.75) is 108 Å². The number of hydrogen-bond donors (Lipinski definition) is 7. The smallest absolute Gasteiger partial charge is 0.329 e. The molecule has 2 aromatic carbocycles. The number of fused-ring (bicyclic) bond motifs is 2. The van der Waals surface area contributed by atoms with E-state index in [4.69, 9.17) is 26.7 Å². The molecule has 0 spiro atoms. The Balaban J connectivity index is 1.82. The number of carbonyl (C=O) groups is 6. The molecule has 0 aromatic heterocycles. The monoisotopic (exact) mass is 807 g/mol. The minimum absolute atomic E-state index is 0.00580. The molecule has 0 aliphatic carbocycles. The third kappa shape index (κ3) is 11.7. The minimum Gasteiger partial charge on any atom is -0.497 e. The number of nitrogens with two attached hydrogens (primary N) is 3. The Morgan fingerprint density at radius 2 is 1.52 bits per heavy atom. The molecule has 5 amide bonds. The minimum atomic E-state index is -1.45. The number of rotatable bonds is 10. The van der Waals surface area contributed by atoms with Crippen molar-refractivity contribution in [1.29, 1.82) is 0 Å². The maximum Gasteiger partial charge on any atom is 0.329 e. The highest BCUT2D eigenvalue weighted by molar-refractivity contribution is 5.97. The number of esters is 1. The van der Waals surface area contributed by atoms with Gasteiger partial charge in [0.15, 0.2) is 5.96 Å². The van der Waals surface area contributed by atoms with E-state index in [0.29, 0.717) is 16.9 Å². The Kier molecular flexibility index (Phi) is 16.0. The van der Waals surface area contributed by atoms with Crippen LogP contribution in [0.5, 0.6) is 5.75 Å². The molecule has 4 rings (SSSR count). The predicted molar refractivity (Wildman–Crippen MR) is 213 cm³/mol. The lowest BCUT2D eigenvalue weighted by molar-refractivity contribution is -0.165. The zero-order chi connectivity index (χ0) is 42.7. The summed E-state index contributed by atoms with van der Waals surface area (Å²) in [5.41, 5.74) is 18.5. The Bertz CT molecular complexity index is 1790. The highest BCUT2D eigenvalue weighted by atomic mass is 16.5. The number of nitrogens with one attached hydrogen (secondary N) is 3. The van der Waals surface area contributed by atoms with Crippen LogP contribution in [0.25, 0.3) is 0 Å². The molecule has 18 nitrogen and oxygen atoms in total. The second kappa shape index (κ2) is 20.6. The number of hydrogen-bond acceptors (Lipinski definition) is 11. The third-order valence-corrected chi connectivity index (χ3v) is 10.4. The van der Waals surface area contributed by atoms with Crippen LogP contribution in [0.15, 0.2) is 59.6 Å². The molecule has 2 heterocycles. The number of aliphatic hydroxyl groups excluding tert-OH is 1. The first kappa shape index (κ1) is 45.0. The van der Waals surface area contributed by atoms with Crippen molar-refractivity contribution in [2.75, 3.05) is 20.7 Å². The fraction of sp³-hybridized carbons (Fsp3) is 0.525. The molecule has 2 aliphatic rings. The molecule has 2 bridgehead atoms. The molecule has 2 fully saturated rings. The zero-order valence-electron chi connectivity index (χ0n) is 33.6. The molecule has 58 heavy (non-hydrogen) atoms. The van der Waals surface area contributed by atoms with E-state index >= 15 is 0 Å². The molecule has 8 atom stereocenters. The van der Waals surface area contributed by atoms with Gasteiger partial charge in [0.25, 0.3) is 0 Å². The van der Waals surface area contributed by atoms with Crippen molar-refractivity contribution in [3.8, 4) is 5.75 Å². The van der Waals surface area contributed by atoms with Crippen LogP contribution in [-0.4, -0.2) is 126 Å². The van der Waals surface area contributed by atoms with Gasteiger partial charge in [-0.25, -0.2) is 4.79 Å². The fourth-order valence-corrected chi connectivity index (χ4v) is 6.92.